The molecule has 0 bridgehead atoms. The molecule has 9 nitrogen and oxygen atoms in total. The molecule has 1 amide bonds. The average Bonchev–Trinajstić information content (AvgIpc) is 3.38. The number of hydrogen-bond acceptors (Lipinski definition) is 6. The number of hydrogen-bond donors (Lipinski definition) is 2. The Labute approximate surface area is 165 Å². The fourth-order valence-electron chi connectivity index (χ4n) is 4.10. The second-order valence-electron chi connectivity index (χ2n) is 8.29. The molecular formula is C18H29N5O4S. The minimum Gasteiger partial charge on any atom is -0.360 e. The van der Waals surface area contributed by atoms with Gasteiger partial charge in [0, 0.05) is 49.7 Å². The highest BCUT2D eigenvalue weighted by molar-refractivity contribution is 7.86. The van der Waals surface area contributed by atoms with Crippen molar-refractivity contribution in [2.24, 2.45) is 5.73 Å². The molecule has 1 aromatic heterocycles. The summed E-state index contributed by atoms with van der Waals surface area (Å²) in [6, 6.07) is 1.54. The Hall–Kier alpha value is -1.49. The van der Waals surface area contributed by atoms with E-state index in [1.807, 2.05) is 6.92 Å². The number of piperidine rings is 2. The zero-order chi connectivity index (χ0) is 19.9. The molecule has 3 heterocycles. The van der Waals surface area contributed by atoms with E-state index in [0.29, 0.717) is 56.9 Å². The number of nitrogens with one attached hydrogen (secondary N) is 1. The van der Waals surface area contributed by atoms with E-state index in [1.165, 1.54) is 0 Å². The van der Waals surface area contributed by atoms with Gasteiger partial charge in [-0.05, 0) is 45.4 Å². The third-order valence-corrected chi connectivity index (χ3v) is 8.17. The van der Waals surface area contributed by atoms with Crippen LogP contribution in [0.3, 0.4) is 0 Å². The summed E-state index contributed by atoms with van der Waals surface area (Å²) in [6.45, 7) is 3.24. The van der Waals surface area contributed by atoms with Crippen LogP contribution >= 0.6 is 0 Å². The van der Waals surface area contributed by atoms with Crippen LogP contribution in [-0.2, 0) is 10.2 Å². The molecule has 0 aromatic carbocycles. The van der Waals surface area contributed by atoms with Crippen molar-refractivity contribution >= 4 is 16.1 Å². The highest BCUT2D eigenvalue weighted by atomic mass is 32.2. The first-order chi connectivity index (χ1) is 13.3. The quantitative estimate of drug-likeness (QED) is 0.739. The molecule has 1 aromatic rings. The minimum atomic E-state index is -3.49. The maximum Gasteiger partial charge on any atom is 0.282 e. The summed E-state index contributed by atoms with van der Waals surface area (Å²) in [5.41, 5.74) is 6.19. The molecule has 0 radical (unpaired) electrons. The number of nitrogens with two attached hydrogens (primary N) is 1. The van der Waals surface area contributed by atoms with Crippen molar-refractivity contribution in [3.63, 3.8) is 0 Å². The molecule has 10 heteroatoms. The molecule has 0 spiro atoms. The van der Waals surface area contributed by atoms with E-state index in [-0.39, 0.29) is 24.0 Å². The van der Waals surface area contributed by atoms with E-state index >= 15 is 0 Å². The van der Waals surface area contributed by atoms with E-state index in [1.54, 1.807) is 14.7 Å². The van der Waals surface area contributed by atoms with Crippen LogP contribution in [0, 0.1) is 0 Å². The lowest BCUT2D eigenvalue weighted by Crippen LogP contribution is -2.56. The smallest absolute Gasteiger partial charge is 0.282 e. The van der Waals surface area contributed by atoms with Crippen LogP contribution in [0.5, 0.6) is 0 Å². The molecule has 3 fully saturated rings. The highest BCUT2D eigenvalue weighted by Gasteiger charge is 2.39. The molecule has 1 saturated carbocycles. The van der Waals surface area contributed by atoms with Crippen LogP contribution in [0.4, 0.5) is 0 Å². The summed E-state index contributed by atoms with van der Waals surface area (Å²) in [5, 5.41) is 6.86. The second kappa shape index (κ2) is 7.74. The summed E-state index contributed by atoms with van der Waals surface area (Å²) >= 11 is 0. The zero-order valence-electron chi connectivity index (χ0n) is 16.2. The monoisotopic (exact) mass is 411 g/mol. The Balaban J connectivity index is 1.33. The van der Waals surface area contributed by atoms with Crippen LogP contribution in [-0.4, -0.2) is 65.9 Å². The SMILES string of the molecule is C[C@H]1C[C@@H](NC(=O)c2cc(C3CC3)on2)CCN1S(=O)(=O)N1CCC(N)CC1. The Bertz CT molecular complexity index is 814. The third kappa shape index (κ3) is 4.10. The Kier molecular flexibility index (Phi) is 5.47. The van der Waals surface area contributed by atoms with Gasteiger partial charge in [0.25, 0.3) is 16.1 Å². The number of rotatable bonds is 5. The van der Waals surface area contributed by atoms with Gasteiger partial charge in [0.1, 0.15) is 5.76 Å². The summed E-state index contributed by atoms with van der Waals surface area (Å²) in [4.78, 5) is 12.4. The average molecular weight is 412 g/mol. The lowest BCUT2D eigenvalue weighted by Gasteiger charge is -2.40. The van der Waals surface area contributed by atoms with Gasteiger partial charge in [-0.25, -0.2) is 0 Å². The van der Waals surface area contributed by atoms with E-state index < -0.39 is 10.2 Å². The Morgan fingerprint density at radius 1 is 1.21 bits per heavy atom. The molecule has 1 aliphatic carbocycles. The summed E-state index contributed by atoms with van der Waals surface area (Å²) < 4.78 is 34.3. The topological polar surface area (TPSA) is 122 Å². The molecule has 2 atom stereocenters. The molecule has 4 rings (SSSR count). The van der Waals surface area contributed by atoms with E-state index in [0.717, 1.165) is 18.6 Å². The van der Waals surface area contributed by atoms with Gasteiger partial charge in [0.2, 0.25) is 0 Å². The van der Waals surface area contributed by atoms with Crippen molar-refractivity contribution in [3.05, 3.63) is 17.5 Å². The van der Waals surface area contributed by atoms with Gasteiger partial charge in [-0.15, -0.1) is 0 Å². The predicted molar refractivity (Wildman–Crippen MR) is 103 cm³/mol. The molecule has 3 aliphatic rings. The maximum atomic E-state index is 13.0. The molecular weight excluding hydrogens is 382 g/mol. The van der Waals surface area contributed by atoms with Crippen molar-refractivity contribution in [3.8, 4) is 0 Å². The first kappa shape index (κ1) is 19.8. The minimum absolute atomic E-state index is 0.0789. The summed E-state index contributed by atoms with van der Waals surface area (Å²) in [7, 11) is -3.49. The van der Waals surface area contributed by atoms with Gasteiger partial charge in [-0.3, -0.25) is 4.79 Å². The molecule has 0 unspecified atom stereocenters. The van der Waals surface area contributed by atoms with Crippen LogP contribution < -0.4 is 11.1 Å². The highest BCUT2D eigenvalue weighted by Crippen LogP contribution is 2.40. The largest absolute Gasteiger partial charge is 0.360 e. The number of aromatic nitrogens is 1. The van der Waals surface area contributed by atoms with Crippen LogP contribution in [0.2, 0.25) is 0 Å². The van der Waals surface area contributed by atoms with Crippen LogP contribution in [0.15, 0.2) is 10.6 Å². The Morgan fingerprint density at radius 2 is 1.93 bits per heavy atom. The van der Waals surface area contributed by atoms with Gasteiger partial charge in [-0.1, -0.05) is 5.16 Å². The third-order valence-electron chi connectivity index (χ3n) is 6.01. The fourth-order valence-corrected chi connectivity index (χ4v) is 5.94. The van der Waals surface area contributed by atoms with Gasteiger partial charge in [0.15, 0.2) is 5.69 Å². The second-order valence-corrected chi connectivity index (χ2v) is 10.2. The molecule has 2 saturated heterocycles. The van der Waals surface area contributed by atoms with Crippen molar-refractivity contribution < 1.29 is 17.7 Å². The van der Waals surface area contributed by atoms with Crippen LogP contribution in [0.1, 0.15) is 67.6 Å². The van der Waals surface area contributed by atoms with Crippen molar-refractivity contribution in [2.45, 2.75) is 69.5 Å². The van der Waals surface area contributed by atoms with Crippen LogP contribution in [0.25, 0.3) is 0 Å². The first-order valence-electron chi connectivity index (χ1n) is 10.1. The fraction of sp³-hybridized carbons (Fsp3) is 0.778. The number of nitrogens with zero attached hydrogens (tertiary/aromatic N) is 3. The van der Waals surface area contributed by atoms with Gasteiger partial charge < -0.3 is 15.6 Å². The molecule has 28 heavy (non-hydrogen) atoms. The lowest BCUT2D eigenvalue weighted by atomic mass is 10.0. The molecule has 156 valence electrons. The predicted octanol–water partition coefficient (Wildman–Crippen LogP) is 0.803. The lowest BCUT2D eigenvalue weighted by molar-refractivity contribution is 0.0903. The summed E-state index contributed by atoms with van der Waals surface area (Å²) in [5.74, 6) is 0.932. The molecule has 2 aliphatic heterocycles. The van der Waals surface area contributed by atoms with E-state index in [9.17, 15) is 13.2 Å². The van der Waals surface area contributed by atoms with Gasteiger partial charge >= 0.3 is 0 Å². The number of carbonyl (C=O) groups is 1. The van der Waals surface area contributed by atoms with Crippen molar-refractivity contribution in [2.75, 3.05) is 19.6 Å². The van der Waals surface area contributed by atoms with E-state index in [2.05, 4.69) is 10.5 Å². The standard InChI is InChI=1S/C18H29N5O4S/c1-12-10-15(20-18(24)16-11-17(27-21-16)13-2-3-13)6-9-23(12)28(25,26)22-7-4-14(19)5-8-22/h11-15H,2-10,19H2,1H3,(H,20,24)/t12-,15-/m0/s1. The van der Waals surface area contributed by atoms with Gasteiger partial charge in [-0.2, -0.15) is 17.0 Å². The Morgan fingerprint density at radius 3 is 2.57 bits per heavy atom. The van der Waals surface area contributed by atoms with Crippen molar-refractivity contribution in [1.29, 1.82) is 0 Å². The van der Waals surface area contributed by atoms with E-state index in [4.69, 9.17) is 10.3 Å². The van der Waals surface area contributed by atoms with Crippen molar-refractivity contribution in [1.82, 2.24) is 19.1 Å². The van der Waals surface area contributed by atoms with Gasteiger partial charge in [0.05, 0.1) is 0 Å². The number of carbonyl (C=O) groups excluding carboxylic acids is 1. The first-order valence-corrected chi connectivity index (χ1v) is 11.5. The zero-order valence-corrected chi connectivity index (χ0v) is 17.0. The summed E-state index contributed by atoms with van der Waals surface area (Å²) in [6.07, 6.45) is 4.72. The normalized spacial score (nSPS) is 28.4. The molecule has 3 N–H and O–H groups in total. The maximum absolute atomic E-state index is 13.0. The number of amides is 1.